The minimum atomic E-state index is -0.525. The van der Waals surface area contributed by atoms with Crippen LogP contribution in [0.5, 0.6) is 0 Å². The van der Waals surface area contributed by atoms with Gasteiger partial charge in [0, 0.05) is 5.92 Å². The maximum atomic E-state index is 13.6. The van der Waals surface area contributed by atoms with E-state index in [0.29, 0.717) is 11.0 Å². The monoisotopic (exact) mass is 441 g/mol. The quantitative estimate of drug-likeness (QED) is 0.589. The van der Waals surface area contributed by atoms with E-state index in [2.05, 4.69) is 12.1 Å². The summed E-state index contributed by atoms with van der Waals surface area (Å²) in [6, 6.07) is 19.4. The molecule has 2 aliphatic heterocycles. The zero-order valence-electron chi connectivity index (χ0n) is 17.1. The lowest BCUT2D eigenvalue weighted by atomic mass is 9.94. The summed E-state index contributed by atoms with van der Waals surface area (Å²) in [7, 11) is 0. The fraction of sp³-hybridized carbons (Fsp3) is 0.417. The number of rotatable bonds is 6. The number of hydrogen-bond acceptors (Lipinski definition) is 5. The van der Waals surface area contributed by atoms with E-state index < -0.39 is 12.2 Å². The van der Waals surface area contributed by atoms with Gasteiger partial charge in [0.05, 0.1) is 10.6 Å². The van der Waals surface area contributed by atoms with E-state index in [1.807, 2.05) is 79.0 Å². The molecule has 2 aliphatic rings. The molecule has 0 aliphatic carbocycles. The fourth-order valence-electron chi connectivity index (χ4n) is 4.12. The average Bonchev–Trinajstić information content (AvgIpc) is 3.09. The maximum Gasteiger partial charge on any atom is 0.417 e. The molecule has 2 heterocycles. The van der Waals surface area contributed by atoms with Gasteiger partial charge >= 0.3 is 6.09 Å². The molecule has 2 fully saturated rings. The molecule has 2 saturated heterocycles. The maximum absolute atomic E-state index is 13.6. The minimum absolute atomic E-state index is 0.110. The number of imide groups is 1. The smallest absolute Gasteiger partial charge is 0.417 e. The topological polar surface area (TPSA) is 46.6 Å². The molecule has 2 aromatic rings. The number of amides is 2. The van der Waals surface area contributed by atoms with Gasteiger partial charge in [-0.05, 0) is 48.8 Å². The molecule has 2 amide bonds. The molecule has 2 aromatic carbocycles. The molecule has 0 radical (unpaired) electrons. The Labute approximate surface area is 186 Å². The van der Waals surface area contributed by atoms with Gasteiger partial charge in [-0.1, -0.05) is 60.7 Å². The Morgan fingerprint density at radius 2 is 1.70 bits per heavy atom. The molecule has 4 rings (SSSR count). The number of hydrogen-bond donors (Lipinski definition) is 0. The lowest BCUT2D eigenvalue weighted by Crippen LogP contribution is -2.43. The largest absolute Gasteiger partial charge is 0.439 e. The summed E-state index contributed by atoms with van der Waals surface area (Å²) in [5, 5.41) is 0. The van der Waals surface area contributed by atoms with Crippen molar-refractivity contribution in [1.82, 2.24) is 4.90 Å². The van der Waals surface area contributed by atoms with Crippen molar-refractivity contribution in [2.24, 2.45) is 5.92 Å². The normalized spacial score (nSPS) is 23.2. The molecule has 0 aromatic heterocycles. The number of benzene rings is 2. The highest BCUT2D eigenvalue weighted by Crippen LogP contribution is 2.38. The first-order chi connectivity index (χ1) is 14.6. The Morgan fingerprint density at radius 3 is 2.37 bits per heavy atom. The fourth-order valence-corrected chi connectivity index (χ4v) is 7.15. The van der Waals surface area contributed by atoms with Crippen molar-refractivity contribution in [3.8, 4) is 0 Å². The van der Waals surface area contributed by atoms with Crippen LogP contribution in [0.2, 0.25) is 0 Å². The third-order valence-corrected chi connectivity index (χ3v) is 8.68. The lowest BCUT2D eigenvalue weighted by molar-refractivity contribution is -0.133. The van der Waals surface area contributed by atoms with Gasteiger partial charge in [0.2, 0.25) is 5.91 Å². The third kappa shape index (κ3) is 4.86. The second-order valence-electron chi connectivity index (χ2n) is 7.81. The van der Waals surface area contributed by atoms with Gasteiger partial charge < -0.3 is 4.74 Å². The van der Waals surface area contributed by atoms with Crippen LogP contribution in [0, 0.1) is 5.92 Å². The molecule has 4 nitrogen and oxygen atoms in total. The van der Waals surface area contributed by atoms with Crippen LogP contribution in [0.4, 0.5) is 4.79 Å². The van der Waals surface area contributed by atoms with Crippen molar-refractivity contribution >= 4 is 35.5 Å². The molecular weight excluding hydrogens is 414 g/mol. The van der Waals surface area contributed by atoms with E-state index in [-0.39, 0.29) is 17.9 Å². The van der Waals surface area contributed by atoms with Crippen molar-refractivity contribution in [3.05, 3.63) is 71.8 Å². The summed E-state index contributed by atoms with van der Waals surface area (Å²) in [6.07, 6.45) is 1.69. The van der Waals surface area contributed by atoms with Crippen LogP contribution in [0.1, 0.15) is 37.0 Å². The van der Waals surface area contributed by atoms with Crippen molar-refractivity contribution in [1.29, 1.82) is 0 Å². The van der Waals surface area contributed by atoms with Crippen LogP contribution in [0.15, 0.2) is 60.7 Å². The van der Waals surface area contributed by atoms with Gasteiger partial charge in [-0.25, -0.2) is 9.69 Å². The minimum Gasteiger partial charge on any atom is -0.439 e. The second kappa shape index (κ2) is 9.92. The standard InChI is InChI=1S/C24H27NO3S2/c1-17-22(19-11-6-3-7-12-19)28-24(27)25(17)23(26)20(15-18-9-4-2-5-10-18)16-21-29-13-8-14-30-21/h2-7,9-12,17,20-22H,8,13-16H2,1H3/t17-,20+,22-/m1/s1. The molecule has 0 spiro atoms. The molecule has 0 bridgehead atoms. The van der Waals surface area contributed by atoms with Gasteiger partial charge in [0.1, 0.15) is 6.10 Å². The number of carbonyl (C=O) groups is 2. The van der Waals surface area contributed by atoms with E-state index in [0.717, 1.165) is 29.1 Å². The molecule has 0 saturated carbocycles. The number of carbonyl (C=O) groups excluding carboxylic acids is 2. The second-order valence-corrected chi connectivity index (χ2v) is 10.7. The summed E-state index contributed by atoms with van der Waals surface area (Å²) in [4.78, 5) is 27.7. The first-order valence-corrected chi connectivity index (χ1v) is 12.6. The van der Waals surface area contributed by atoms with E-state index in [9.17, 15) is 9.59 Å². The lowest BCUT2D eigenvalue weighted by Gasteiger charge is -2.28. The predicted molar refractivity (Wildman–Crippen MR) is 124 cm³/mol. The van der Waals surface area contributed by atoms with Gasteiger partial charge in [-0.3, -0.25) is 4.79 Å². The summed E-state index contributed by atoms with van der Waals surface area (Å²) in [6.45, 7) is 1.91. The first-order valence-electron chi connectivity index (χ1n) is 10.5. The Morgan fingerprint density at radius 1 is 1.07 bits per heavy atom. The van der Waals surface area contributed by atoms with E-state index in [1.54, 1.807) is 0 Å². The van der Waals surface area contributed by atoms with Crippen molar-refractivity contribution in [2.75, 3.05) is 11.5 Å². The van der Waals surface area contributed by atoms with Crippen LogP contribution < -0.4 is 0 Å². The molecule has 6 heteroatoms. The number of ether oxygens (including phenoxy) is 1. The Bertz CT molecular complexity index is 855. The summed E-state index contributed by atoms with van der Waals surface area (Å²) < 4.78 is 6.04. The van der Waals surface area contributed by atoms with Gasteiger partial charge in [0.15, 0.2) is 0 Å². The molecule has 0 N–H and O–H groups in total. The van der Waals surface area contributed by atoms with Crippen LogP contribution >= 0.6 is 23.5 Å². The number of nitrogens with zero attached hydrogens (tertiary/aromatic N) is 1. The predicted octanol–water partition coefficient (Wildman–Crippen LogP) is 5.54. The van der Waals surface area contributed by atoms with Crippen LogP contribution in [-0.2, 0) is 16.0 Å². The molecule has 30 heavy (non-hydrogen) atoms. The van der Waals surface area contributed by atoms with Crippen molar-refractivity contribution in [2.45, 2.75) is 42.9 Å². The zero-order chi connectivity index (χ0) is 20.9. The van der Waals surface area contributed by atoms with Gasteiger partial charge in [-0.15, -0.1) is 23.5 Å². The molecule has 0 unspecified atom stereocenters. The van der Waals surface area contributed by atoms with E-state index >= 15 is 0 Å². The highest BCUT2D eigenvalue weighted by atomic mass is 32.2. The molecule has 158 valence electrons. The third-order valence-electron chi connectivity index (χ3n) is 5.68. The summed E-state index contributed by atoms with van der Waals surface area (Å²) >= 11 is 3.87. The van der Waals surface area contributed by atoms with Gasteiger partial charge in [0.25, 0.3) is 0 Å². The summed E-state index contributed by atoms with van der Waals surface area (Å²) in [5.74, 6) is 1.94. The first kappa shape index (κ1) is 21.3. The SMILES string of the molecule is C[C@@H]1[C@H](c2ccccc2)OC(=O)N1C(=O)[C@@H](Cc1ccccc1)CC1SCCCS1. The van der Waals surface area contributed by atoms with E-state index in [1.165, 1.54) is 11.3 Å². The molecule has 3 atom stereocenters. The van der Waals surface area contributed by atoms with E-state index in [4.69, 9.17) is 4.74 Å². The highest BCUT2D eigenvalue weighted by molar-refractivity contribution is 8.17. The Balaban J connectivity index is 1.54. The number of thioether (sulfide) groups is 2. The Hall–Kier alpha value is -1.92. The average molecular weight is 442 g/mol. The van der Waals surface area contributed by atoms with Crippen LogP contribution in [0.3, 0.4) is 0 Å². The molecular formula is C24H27NO3S2. The van der Waals surface area contributed by atoms with Gasteiger partial charge in [-0.2, -0.15) is 0 Å². The summed E-state index contributed by atoms with van der Waals surface area (Å²) in [5.41, 5.74) is 2.05. The van der Waals surface area contributed by atoms with Crippen LogP contribution in [0.25, 0.3) is 0 Å². The highest BCUT2D eigenvalue weighted by Gasteiger charge is 2.45. The zero-order valence-corrected chi connectivity index (χ0v) is 18.7. The van der Waals surface area contributed by atoms with Crippen LogP contribution in [-0.4, -0.2) is 39.0 Å². The number of cyclic esters (lactones) is 1. The Kier molecular flexibility index (Phi) is 7.05. The van der Waals surface area contributed by atoms with Crippen molar-refractivity contribution in [3.63, 3.8) is 0 Å². The van der Waals surface area contributed by atoms with Crippen molar-refractivity contribution < 1.29 is 14.3 Å².